The number of hydrogen-bond acceptors (Lipinski definition) is 4. The summed E-state index contributed by atoms with van der Waals surface area (Å²) in [6, 6.07) is 0. The van der Waals surface area contributed by atoms with Gasteiger partial charge in [0.15, 0.2) is 0 Å². The maximum atomic E-state index is 12.8. The zero-order valence-electron chi connectivity index (χ0n) is 15.0. The van der Waals surface area contributed by atoms with E-state index in [9.17, 15) is 4.79 Å². The summed E-state index contributed by atoms with van der Waals surface area (Å²) in [5.41, 5.74) is 1.39. The van der Waals surface area contributed by atoms with Crippen molar-refractivity contribution in [2.24, 2.45) is 5.92 Å². The van der Waals surface area contributed by atoms with Crippen LogP contribution in [0.5, 0.6) is 0 Å². The molecule has 0 bridgehead atoms. The topological polar surface area (TPSA) is 63.9 Å². The molecule has 0 aromatic carbocycles. The molecule has 3 heterocycles. The van der Waals surface area contributed by atoms with Crippen molar-refractivity contribution in [2.75, 3.05) is 13.1 Å². The summed E-state index contributed by atoms with van der Waals surface area (Å²) in [5.74, 6) is 3.26. The molecule has 0 unspecified atom stereocenters. The van der Waals surface area contributed by atoms with Crippen LogP contribution in [0.1, 0.15) is 59.3 Å². The van der Waals surface area contributed by atoms with Crippen molar-refractivity contribution in [3.05, 3.63) is 41.5 Å². The highest BCUT2D eigenvalue weighted by Gasteiger charge is 2.29. The van der Waals surface area contributed by atoms with Crippen molar-refractivity contribution in [1.29, 1.82) is 0 Å². The van der Waals surface area contributed by atoms with E-state index in [0.29, 0.717) is 17.3 Å². The Kier molecular flexibility index (Phi) is 4.27. The minimum Gasteiger partial charge on any atom is -0.338 e. The van der Waals surface area contributed by atoms with Crippen molar-refractivity contribution in [1.82, 2.24) is 24.4 Å². The van der Waals surface area contributed by atoms with Gasteiger partial charge in [-0.15, -0.1) is 0 Å². The first kappa shape index (κ1) is 16.2. The van der Waals surface area contributed by atoms with Gasteiger partial charge in [0.25, 0.3) is 5.91 Å². The van der Waals surface area contributed by atoms with Crippen molar-refractivity contribution in [3.63, 3.8) is 0 Å². The van der Waals surface area contributed by atoms with Crippen LogP contribution >= 0.6 is 0 Å². The number of amides is 1. The van der Waals surface area contributed by atoms with Crippen molar-refractivity contribution in [3.8, 4) is 0 Å². The van der Waals surface area contributed by atoms with E-state index >= 15 is 0 Å². The molecular formula is C19H25N5O. The largest absolute Gasteiger partial charge is 0.338 e. The first-order valence-electron chi connectivity index (χ1n) is 9.22. The highest BCUT2D eigenvalue weighted by atomic mass is 16.2. The lowest BCUT2D eigenvalue weighted by Crippen LogP contribution is -2.39. The maximum absolute atomic E-state index is 12.8. The fraction of sp³-hybridized carbons (Fsp3) is 0.579. The van der Waals surface area contributed by atoms with Gasteiger partial charge in [-0.25, -0.2) is 15.0 Å². The fourth-order valence-corrected chi connectivity index (χ4v) is 3.72. The van der Waals surface area contributed by atoms with Gasteiger partial charge in [-0.1, -0.05) is 0 Å². The molecule has 1 aliphatic carbocycles. The van der Waals surface area contributed by atoms with Crippen LogP contribution in [0, 0.1) is 19.8 Å². The number of rotatable bonds is 4. The normalized spacial score (nSPS) is 18.6. The SMILES string of the molecule is Cc1ncc(C(=O)N2CCC(c3nccn3CC3CC3)CC2)c(C)n1. The third kappa shape index (κ3) is 3.43. The van der Waals surface area contributed by atoms with Crippen molar-refractivity contribution >= 4 is 5.91 Å². The summed E-state index contributed by atoms with van der Waals surface area (Å²) in [6.45, 7) is 6.37. The molecular weight excluding hydrogens is 314 g/mol. The molecule has 4 rings (SSSR count). The fourth-order valence-electron chi connectivity index (χ4n) is 3.72. The number of piperidine rings is 1. The summed E-state index contributed by atoms with van der Waals surface area (Å²) < 4.78 is 2.33. The number of carbonyl (C=O) groups is 1. The molecule has 2 aromatic rings. The minimum atomic E-state index is 0.0530. The quantitative estimate of drug-likeness (QED) is 0.859. The third-order valence-electron chi connectivity index (χ3n) is 5.38. The Morgan fingerprint density at radius 3 is 2.60 bits per heavy atom. The monoisotopic (exact) mass is 339 g/mol. The number of aromatic nitrogens is 4. The van der Waals surface area contributed by atoms with Crippen molar-refractivity contribution in [2.45, 2.75) is 52.0 Å². The Balaban J connectivity index is 1.41. The molecule has 0 N–H and O–H groups in total. The van der Waals surface area contributed by atoms with Gasteiger partial charge < -0.3 is 9.47 Å². The molecule has 6 heteroatoms. The van der Waals surface area contributed by atoms with Crippen LogP contribution in [-0.2, 0) is 6.54 Å². The standard InChI is InChI=1S/C19H25N5O/c1-13-17(11-21-14(2)22-13)19(25)23-8-5-16(6-9-23)18-20-7-10-24(18)12-15-3-4-15/h7,10-11,15-16H,3-6,8-9,12H2,1-2H3. The summed E-state index contributed by atoms with van der Waals surface area (Å²) in [7, 11) is 0. The van der Waals surface area contributed by atoms with Crippen LogP contribution in [0.15, 0.2) is 18.6 Å². The summed E-state index contributed by atoms with van der Waals surface area (Å²) in [5, 5.41) is 0. The lowest BCUT2D eigenvalue weighted by atomic mass is 9.95. The molecule has 1 amide bonds. The second kappa shape index (κ2) is 6.58. The lowest BCUT2D eigenvalue weighted by molar-refractivity contribution is 0.0708. The van der Waals surface area contributed by atoms with Gasteiger partial charge in [0.2, 0.25) is 0 Å². The van der Waals surface area contributed by atoms with Gasteiger partial charge in [-0.05, 0) is 45.4 Å². The molecule has 0 atom stereocenters. The average Bonchev–Trinajstić information content (AvgIpc) is 3.30. The van der Waals surface area contributed by atoms with E-state index in [1.54, 1.807) is 6.20 Å². The van der Waals surface area contributed by atoms with E-state index in [4.69, 9.17) is 0 Å². The Morgan fingerprint density at radius 2 is 1.92 bits per heavy atom. The molecule has 2 fully saturated rings. The third-order valence-corrected chi connectivity index (χ3v) is 5.38. The Morgan fingerprint density at radius 1 is 1.16 bits per heavy atom. The van der Waals surface area contributed by atoms with E-state index in [1.165, 1.54) is 18.7 Å². The van der Waals surface area contributed by atoms with Gasteiger partial charge >= 0.3 is 0 Å². The van der Waals surface area contributed by atoms with E-state index in [0.717, 1.165) is 44.1 Å². The highest BCUT2D eigenvalue weighted by molar-refractivity contribution is 5.95. The molecule has 1 saturated heterocycles. The zero-order valence-corrected chi connectivity index (χ0v) is 15.0. The summed E-state index contributed by atoms with van der Waals surface area (Å²) in [4.78, 5) is 27.8. The van der Waals surface area contributed by atoms with Crippen LogP contribution in [0.4, 0.5) is 0 Å². The van der Waals surface area contributed by atoms with E-state index in [-0.39, 0.29) is 5.91 Å². The maximum Gasteiger partial charge on any atom is 0.257 e. The van der Waals surface area contributed by atoms with Crippen LogP contribution in [0.25, 0.3) is 0 Å². The summed E-state index contributed by atoms with van der Waals surface area (Å²) >= 11 is 0. The van der Waals surface area contributed by atoms with Gasteiger partial charge in [0.05, 0.1) is 11.3 Å². The van der Waals surface area contributed by atoms with Crippen LogP contribution in [0.2, 0.25) is 0 Å². The molecule has 132 valence electrons. The van der Waals surface area contributed by atoms with Gasteiger partial charge in [0.1, 0.15) is 11.6 Å². The van der Waals surface area contributed by atoms with Gasteiger partial charge in [-0.2, -0.15) is 0 Å². The summed E-state index contributed by atoms with van der Waals surface area (Å²) in [6.07, 6.45) is 10.3. The Labute approximate surface area is 148 Å². The van der Waals surface area contributed by atoms with Crippen LogP contribution < -0.4 is 0 Å². The molecule has 6 nitrogen and oxygen atoms in total. The number of aryl methyl sites for hydroxylation is 2. The van der Waals surface area contributed by atoms with Crippen molar-refractivity contribution < 1.29 is 4.79 Å². The number of imidazole rings is 1. The molecule has 2 aliphatic rings. The minimum absolute atomic E-state index is 0.0530. The lowest BCUT2D eigenvalue weighted by Gasteiger charge is -2.32. The molecule has 1 saturated carbocycles. The second-order valence-electron chi connectivity index (χ2n) is 7.36. The predicted octanol–water partition coefficient (Wildman–Crippen LogP) is 2.72. The van der Waals surface area contributed by atoms with Gasteiger partial charge in [-0.3, -0.25) is 4.79 Å². The number of likely N-dealkylation sites (tertiary alicyclic amines) is 1. The Bertz CT molecular complexity index is 772. The molecule has 0 spiro atoms. The second-order valence-corrected chi connectivity index (χ2v) is 7.36. The molecule has 0 radical (unpaired) electrons. The van der Waals surface area contributed by atoms with Crippen LogP contribution in [0.3, 0.4) is 0 Å². The average molecular weight is 339 g/mol. The number of nitrogens with zero attached hydrogens (tertiary/aromatic N) is 5. The highest BCUT2D eigenvalue weighted by Crippen LogP contribution is 2.33. The molecule has 25 heavy (non-hydrogen) atoms. The molecule has 2 aromatic heterocycles. The van der Waals surface area contributed by atoms with Crippen LogP contribution in [-0.4, -0.2) is 43.4 Å². The van der Waals surface area contributed by atoms with Gasteiger partial charge in [0, 0.05) is 44.1 Å². The van der Waals surface area contributed by atoms with E-state index in [2.05, 4.69) is 25.7 Å². The first-order chi connectivity index (χ1) is 12.1. The Hall–Kier alpha value is -2.24. The smallest absolute Gasteiger partial charge is 0.257 e. The number of carbonyl (C=O) groups excluding carboxylic acids is 1. The molecule has 1 aliphatic heterocycles. The van der Waals surface area contributed by atoms with E-state index < -0.39 is 0 Å². The van der Waals surface area contributed by atoms with E-state index in [1.807, 2.05) is 24.9 Å². The zero-order chi connectivity index (χ0) is 17.4. The first-order valence-corrected chi connectivity index (χ1v) is 9.22. The number of hydrogen-bond donors (Lipinski definition) is 0. The predicted molar refractivity (Wildman–Crippen MR) is 94.3 cm³/mol.